The second kappa shape index (κ2) is 14.5. The summed E-state index contributed by atoms with van der Waals surface area (Å²) in [5.41, 5.74) is 0.619. The van der Waals surface area contributed by atoms with Crippen LogP contribution in [0.5, 0.6) is 0 Å². The van der Waals surface area contributed by atoms with Gasteiger partial charge in [-0.1, -0.05) is 30.3 Å². The van der Waals surface area contributed by atoms with E-state index in [1.807, 2.05) is 0 Å². The summed E-state index contributed by atoms with van der Waals surface area (Å²) >= 11 is 0. The Morgan fingerprint density at radius 2 is 1.36 bits per heavy atom. The first-order chi connectivity index (χ1) is 17.2. The number of carbonyl (C=O) groups is 2. The molecule has 0 spiro atoms. The molecule has 2 rings (SSSR count). The number of anilines is 1. The molecule has 198 valence electrons. The van der Waals surface area contributed by atoms with E-state index >= 15 is 0 Å². The van der Waals surface area contributed by atoms with Crippen LogP contribution in [0, 0.1) is 5.92 Å². The standard InChI is InChI=1S/C24H34N2O8P2/c1-5-31-35(29,32-6-2)22(36(30,33-7-3)34-8-4)17-21(23(27)19-13-10-9-11-14-19)24(28)26-20-15-12-16-25-18-20/h9-16,18,21-22H,5-8,17H2,1-4H3,(H,26,28). The zero-order chi connectivity index (χ0) is 26.6. The number of Topliss-reactive ketones (excluding diaryl/α,β-unsaturated/α-hetero) is 1. The number of nitrogens with zero attached hydrogens (tertiary/aromatic N) is 1. The van der Waals surface area contributed by atoms with Gasteiger partial charge in [-0.25, -0.2) is 0 Å². The van der Waals surface area contributed by atoms with E-state index in [4.69, 9.17) is 18.1 Å². The van der Waals surface area contributed by atoms with E-state index in [0.29, 0.717) is 5.69 Å². The quantitative estimate of drug-likeness (QED) is 0.160. The van der Waals surface area contributed by atoms with Crippen LogP contribution < -0.4 is 5.32 Å². The number of hydrogen-bond acceptors (Lipinski definition) is 9. The molecule has 0 radical (unpaired) electrons. The van der Waals surface area contributed by atoms with Gasteiger partial charge in [-0.05, 0) is 46.2 Å². The van der Waals surface area contributed by atoms with Crippen LogP contribution in [-0.4, -0.2) is 48.5 Å². The van der Waals surface area contributed by atoms with Crippen LogP contribution in [0.15, 0.2) is 54.9 Å². The third-order valence-corrected chi connectivity index (χ3v) is 11.1. The van der Waals surface area contributed by atoms with Gasteiger partial charge in [-0.15, -0.1) is 0 Å². The Kier molecular flexibility index (Phi) is 12.1. The average Bonchev–Trinajstić information content (AvgIpc) is 2.85. The van der Waals surface area contributed by atoms with Crippen molar-refractivity contribution in [3.05, 3.63) is 60.4 Å². The number of ketones is 1. The molecule has 0 saturated heterocycles. The van der Waals surface area contributed by atoms with Crippen LogP contribution in [0.3, 0.4) is 0 Å². The van der Waals surface area contributed by atoms with Crippen LogP contribution >= 0.6 is 15.2 Å². The maximum atomic E-state index is 14.0. The molecule has 1 aromatic heterocycles. The zero-order valence-corrected chi connectivity index (χ0v) is 22.8. The summed E-state index contributed by atoms with van der Waals surface area (Å²) in [4.78, 5) is 31.0. The van der Waals surface area contributed by atoms with Crippen molar-refractivity contribution < 1.29 is 36.8 Å². The zero-order valence-electron chi connectivity index (χ0n) is 21.0. The maximum absolute atomic E-state index is 14.0. The van der Waals surface area contributed by atoms with Crippen molar-refractivity contribution in [2.24, 2.45) is 5.92 Å². The fourth-order valence-electron chi connectivity index (χ4n) is 3.58. The Hall–Kier alpha value is -2.19. The number of pyridine rings is 1. The Balaban J connectivity index is 2.61. The first-order valence-corrected chi connectivity index (χ1v) is 15.0. The number of carbonyl (C=O) groups excluding carboxylic acids is 2. The van der Waals surface area contributed by atoms with Crippen molar-refractivity contribution in [1.82, 2.24) is 4.98 Å². The van der Waals surface area contributed by atoms with Crippen molar-refractivity contribution in [3.63, 3.8) is 0 Å². The number of aromatic nitrogens is 1. The van der Waals surface area contributed by atoms with E-state index in [1.54, 1.807) is 76.4 Å². The minimum absolute atomic E-state index is 0.0226. The summed E-state index contributed by atoms with van der Waals surface area (Å²) in [6.45, 7) is 6.34. The lowest BCUT2D eigenvalue weighted by molar-refractivity contribution is -0.118. The summed E-state index contributed by atoms with van der Waals surface area (Å²) in [5, 5.41) is 1.14. The van der Waals surface area contributed by atoms with Gasteiger partial charge in [0.1, 0.15) is 5.92 Å². The van der Waals surface area contributed by atoms with Gasteiger partial charge in [0.2, 0.25) is 5.91 Å². The lowest BCUT2D eigenvalue weighted by atomic mass is 9.94. The van der Waals surface area contributed by atoms with Crippen molar-refractivity contribution in [2.45, 2.75) is 39.5 Å². The smallest absolute Gasteiger partial charge is 0.324 e. The van der Waals surface area contributed by atoms with E-state index in [-0.39, 0.29) is 32.0 Å². The van der Waals surface area contributed by atoms with Crippen molar-refractivity contribution in [1.29, 1.82) is 0 Å². The molecule has 1 N–H and O–H groups in total. The van der Waals surface area contributed by atoms with Crippen LogP contribution in [0.1, 0.15) is 44.5 Å². The highest BCUT2D eigenvalue weighted by molar-refractivity contribution is 7.72. The molecule has 1 aromatic carbocycles. The highest BCUT2D eigenvalue weighted by Gasteiger charge is 2.53. The normalized spacial score (nSPS) is 12.9. The van der Waals surface area contributed by atoms with Gasteiger partial charge in [-0.3, -0.25) is 23.7 Å². The van der Waals surface area contributed by atoms with Crippen molar-refractivity contribution in [3.8, 4) is 0 Å². The Morgan fingerprint density at radius 1 is 0.833 bits per heavy atom. The molecular formula is C24H34N2O8P2. The van der Waals surface area contributed by atoms with E-state index in [1.165, 1.54) is 6.20 Å². The summed E-state index contributed by atoms with van der Waals surface area (Å²) in [6, 6.07) is 11.4. The second-order valence-electron chi connectivity index (χ2n) is 7.48. The van der Waals surface area contributed by atoms with Crippen LogP contribution in [0.4, 0.5) is 5.69 Å². The molecule has 2 aromatic rings. The molecule has 1 atom stereocenters. The third-order valence-electron chi connectivity index (χ3n) is 5.03. The number of benzene rings is 1. The Bertz CT molecular complexity index is 1020. The summed E-state index contributed by atoms with van der Waals surface area (Å²) in [5.74, 6) is -2.66. The highest BCUT2D eigenvalue weighted by atomic mass is 31.2. The Labute approximate surface area is 212 Å². The van der Waals surface area contributed by atoms with E-state index in [9.17, 15) is 18.7 Å². The summed E-state index contributed by atoms with van der Waals surface area (Å²) in [6.07, 6.45) is 2.50. The molecule has 12 heteroatoms. The average molecular weight is 540 g/mol. The van der Waals surface area contributed by atoms with Crippen molar-refractivity contribution >= 4 is 32.6 Å². The van der Waals surface area contributed by atoms with Crippen LogP contribution in [0.25, 0.3) is 0 Å². The fourth-order valence-corrected chi connectivity index (χ4v) is 8.98. The van der Waals surface area contributed by atoms with E-state index in [0.717, 1.165) is 0 Å². The maximum Gasteiger partial charge on any atom is 0.345 e. The number of hydrogen-bond donors (Lipinski definition) is 1. The van der Waals surface area contributed by atoms with Gasteiger partial charge in [0.25, 0.3) is 0 Å². The van der Waals surface area contributed by atoms with Gasteiger partial charge in [0, 0.05) is 11.8 Å². The molecule has 1 heterocycles. The number of nitrogens with one attached hydrogen (secondary N) is 1. The SMILES string of the molecule is CCOP(=O)(OCC)C(CC(C(=O)Nc1cccnc1)C(=O)c1ccccc1)P(=O)(OCC)OCC. The largest absolute Gasteiger partial charge is 0.345 e. The molecule has 0 aliphatic heterocycles. The molecule has 1 amide bonds. The molecule has 0 fully saturated rings. The lowest BCUT2D eigenvalue weighted by Crippen LogP contribution is -2.34. The number of rotatable bonds is 16. The minimum Gasteiger partial charge on any atom is -0.324 e. The number of amides is 1. The Morgan fingerprint density at radius 3 is 1.81 bits per heavy atom. The molecule has 0 aliphatic rings. The minimum atomic E-state index is -4.18. The summed E-state index contributed by atoms with van der Waals surface area (Å²) in [7, 11) is -8.35. The molecule has 10 nitrogen and oxygen atoms in total. The molecule has 1 unspecified atom stereocenters. The summed E-state index contributed by atoms with van der Waals surface area (Å²) < 4.78 is 49.9. The third kappa shape index (κ3) is 7.90. The van der Waals surface area contributed by atoms with E-state index < -0.39 is 44.6 Å². The van der Waals surface area contributed by atoms with Crippen molar-refractivity contribution in [2.75, 3.05) is 31.7 Å². The molecular weight excluding hydrogens is 506 g/mol. The molecule has 0 bridgehead atoms. The van der Waals surface area contributed by atoms with Gasteiger partial charge < -0.3 is 23.4 Å². The highest BCUT2D eigenvalue weighted by Crippen LogP contribution is 2.72. The van der Waals surface area contributed by atoms with Crippen LogP contribution in [-0.2, 0) is 32.0 Å². The van der Waals surface area contributed by atoms with E-state index in [2.05, 4.69) is 10.3 Å². The molecule has 0 aliphatic carbocycles. The molecule has 36 heavy (non-hydrogen) atoms. The lowest BCUT2D eigenvalue weighted by Gasteiger charge is -2.33. The van der Waals surface area contributed by atoms with Gasteiger partial charge >= 0.3 is 15.2 Å². The monoisotopic (exact) mass is 540 g/mol. The first kappa shape index (κ1) is 30.0. The second-order valence-corrected chi connectivity index (χ2v) is 12.3. The van der Waals surface area contributed by atoms with Crippen LogP contribution in [0.2, 0.25) is 0 Å². The molecule has 0 saturated carbocycles. The predicted molar refractivity (Wildman–Crippen MR) is 137 cm³/mol. The first-order valence-electron chi connectivity index (χ1n) is 11.8. The van der Waals surface area contributed by atoms with Gasteiger partial charge in [0.15, 0.2) is 11.2 Å². The predicted octanol–water partition coefficient (Wildman–Crippen LogP) is 5.77. The van der Waals surface area contributed by atoms with Gasteiger partial charge in [0.05, 0.1) is 38.3 Å². The topological polar surface area (TPSA) is 130 Å². The van der Waals surface area contributed by atoms with Gasteiger partial charge in [-0.2, -0.15) is 0 Å². The fraction of sp³-hybridized carbons (Fsp3) is 0.458.